The van der Waals surface area contributed by atoms with Crippen LogP contribution in [0, 0.1) is 0 Å². The molecule has 2 amide bonds. The van der Waals surface area contributed by atoms with Gasteiger partial charge in [-0.3, -0.25) is 9.59 Å². The van der Waals surface area contributed by atoms with E-state index in [4.69, 9.17) is 14.9 Å². The first-order valence-corrected chi connectivity index (χ1v) is 7.55. The molecule has 7 nitrogen and oxygen atoms in total. The Morgan fingerprint density at radius 3 is 2.91 bits per heavy atom. The van der Waals surface area contributed by atoms with Gasteiger partial charge in [-0.1, -0.05) is 0 Å². The number of amides is 2. The van der Waals surface area contributed by atoms with E-state index in [1.165, 1.54) is 12.3 Å². The van der Waals surface area contributed by atoms with E-state index in [1.54, 1.807) is 17.2 Å². The smallest absolute Gasteiger partial charge is 0.270 e. The van der Waals surface area contributed by atoms with E-state index in [0.717, 1.165) is 19.4 Å². The van der Waals surface area contributed by atoms with Crippen LogP contribution in [-0.4, -0.2) is 41.0 Å². The van der Waals surface area contributed by atoms with Crippen LogP contribution < -0.4 is 5.73 Å². The minimum Gasteiger partial charge on any atom is -0.467 e. The van der Waals surface area contributed by atoms with E-state index in [-0.39, 0.29) is 17.6 Å². The lowest BCUT2D eigenvalue weighted by Crippen LogP contribution is -2.37. The lowest BCUT2D eigenvalue weighted by molar-refractivity contribution is 0.0487. The molecule has 0 saturated carbocycles. The molecular formula is C16H19N3O4. The maximum absolute atomic E-state index is 12.7. The molecule has 3 rings (SSSR count). The lowest BCUT2D eigenvalue weighted by Gasteiger charge is -2.24. The highest BCUT2D eigenvalue weighted by molar-refractivity contribution is 5.98. The van der Waals surface area contributed by atoms with Gasteiger partial charge in [-0.15, -0.1) is 0 Å². The van der Waals surface area contributed by atoms with Crippen molar-refractivity contribution in [2.75, 3.05) is 13.2 Å². The number of nitrogens with zero attached hydrogens (tertiary/aromatic N) is 1. The van der Waals surface area contributed by atoms with Gasteiger partial charge in [-0.2, -0.15) is 0 Å². The Morgan fingerprint density at radius 1 is 1.43 bits per heavy atom. The van der Waals surface area contributed by atoms with Crippen molar-refractivity contribution in [1.82, 2.24) is 9.88 Å². The third-order valence-corrected chi connectivity index (χ3v) is 3.86. The number of nitrogens with one attached hydrogen (secondary N) is 1. The van der Waals surface area contributed by atoms with Crippen molar-refractivity contribution in [3.8, 4) is 0 Å². The highest BCUT2D eigenvalue weighted by Gasteiger charge is 2.25. The maximum atomic E-state index is 12.7. The first-order valence-electron chi connectivity index (χ1n) is 7.55. The van der Waals surface area contributed by atoms with Crippen LogP contribution in [0.4, 0.5) is 0 Å². The second-order valence-corrected chi connectivity index (χ2v) is 5.57. The maximum Gasteiger partial charge on any atom is 0.270 e. The third-order valence-electron chi connectivity index (χ3n) is 3.86. The largest absolute Gasteiger partial charge is 0.467 e. The fourth-order valence-corrected chi connectivity index (χ4v) is 2.67. The fraction of sp³-hybridized carbons (Fsp3) is 0.375. The second kappa shape index (κ2) is 6.70. The summed E-state index contributed by atoms with van der Waals surface area (Å²) in [6.45, 7) is 1.54. The van der Waals surface area contributed by atoms with Crippen LogP contribution in [0.15, 0.2) is 35.1 Å². The van der Waals surface area contributed by atoms with Crippen LogP contribution in [0.3, 0.4) is 0 Å². The molecule has 122 valence electrons. The Labute approximate surface area is 133 Å². The molecule has 3 N–H and O–H groups in total. The summed E-state index contributed by atoms with van der Waals surface area (Å²) < 4.78 is 11.0. The summed E-state index contributed by atoms with van der Waals surface area (Å²) in [7, 11) is 0. The summed E-state index contributed by atoms with van der Waals surface area (Å²) in [5, 5.41) is 0. The molecule has 0 bridgehead atoms. The zero-order chi connectivity index (χ0) is 16.2. The number of hydrogen-bond acceptors (Lipinski definition) is 4. The summed E-state index contributed by atoms with van der Waals surface area (Å²) in [4.78, 5) is 28.4. The first-order chi connectivity index (χ1) is 11.1. The number of ether oxygens (including phenoxy) is 1. The number of H-pyrrole nitrogens is 1. The van der Waals surface area contributed by atoms with Gasteiger partial charge in [0.1, 0.15) is 11.5 Å². The molecule has 0 radical (unpaired) electrons. The molecule has 2 aromatic heterocycles. The molecule has 1 saturated heterocycles. The van der Waals surface area contributed by atoms with Gasteiger partial charge >= 0.3 is 0 Å². The molecule has 7 heteroatoms. The number of aromatic nitrogens is 1. The average molecular weight is 317 g/mol. The summed E-state index contributed by atoms with van der Waals surface area (Å²) in [5.74, 6) is -0.0977. The minimum absolute atomic E-state index is 0.0273. The molecule has 0 unspecified atom stereocenters. The highest BCUT2D eigenvalue weighted by Crippen LogP contribution is 2.17. The van der Waals surface area contributed by atoms with Gasteiger partial charge in [0.15, 0.2) is 0 Å². The predicted octanol–water partition coefficient (Wildman–Crippen LogP) is 1.53. The monoisotopic (exact) mass is 317 g/mol. The first kappa shape index (κ1) is 15.4. The Balaban J connectivity index is 1.77. The standard InChI is InChI=1S/C16H19N3O4/c17-15(20)11-7-14(18-8-11)16(21)19(9-12-3-1-5-22-12)10-13-4-2-6-23-13/h1,3,5,7-8,13,18H,2,4,6,9-10H2,(H2,17,20)/t13-/m1/s1. The Kier molecular flexibility index (Phi) is 4.47. The van der Waals surface area contributed by atoms with E-state index in [1.807, 2.05) is 6.07 Å². The van der Waals surface area contributed by atoms with Gasteiger partial charge in [-0.05, 0) is 31.0 Å². The Morgan fingerprint density at radius 2 is 2.30 bits per heavy atom. The van der Waals surface area contributed by atoms with Gasteiger partial charge in [0.2, 0.25) is 5.91 Å². The van der Waals surface area contributed by atoms with Crippen molar-refractivity contribution >= 4 is 11.8 Å². The van der Waals surface area contributed by atoms with Crippen LogP contribution in [0.1, 0.15) is 39.4 Å². The zero-order valence-corrected chi connectivity index (χ0v) is 12.7. The summed E-state index contributed by atoms with van der Waals surface area (Å²) in [5.41, 5.74) is 5.83. The number of nitrogens with two attached hydrogens (primary N) is 1. The predicted molar refractivity (Wildman–Crippen MR) is 81.7 cm³/mol. The second-order valence-electron chi connectivity index (χ2n) is 5.57. The molecule has 1 aliphatic rings. The van der Waals surface area contributed by atoms with Crippen molar-refractivity contribution in [2.24, 2.45) is 5.73 Å². The summed E-state index contributed by atoms with van der Waals surface area (Å²) >= 11 is 0. The van der Waals surface area contributed by atoms with Gasteiger partial charge in [-0.25, -0.2) is 0 Å². The van der Waals surface area contributed by atoms with Crippen LogP contribution in [0.5, 0.6) is 0 Å². The third kappa shape index (κ3) is 3.62. The molecule has 0 spiro atoms. The van der Waals surface area contributed by atoms with E-state index in [0.29, 0.717) is 24.5 Å². The number of carbonyl (C=O) groups excluding carboxylic acids is 2. The molecule has 0 aromatic carbocycles. The topological polar surface area (TPSA) is 102 Å². The SMILES string of the molecule is NC(=O)c1c[nH]c(C(=O)N(Cc2ccco2)C[C@H]2CCCO2)c1. The van der Waals surface area contributed by atoms with Crippen LogP contribution in [0.2, 0.25) is 0 Å². The summed E-state index contributed by atoms with van der Waals surface area (Å²) in [6, 6.07) is 5.07. The molecule has 3 heterocycles. The van der Waals surface area contributed by atoms with Gasteiger partial charge < -0.3 is 24.8 Å². The van der Waals surface area contributed by atoms with E-state index in [9.17, 15) is 9.59 Å². The van der Waals surface area contributed by atoms with Crippen molar-refractivity contribution < 1.29 is 18.7 Å². The fourth-order valence-electron chi connectivity index (χ4n) is 2.67. The van der Waals surface area contributed by atoms with Gasteiger partial charge in [0.05, 0.1) is 24.5 Å². The average Bonchev–Trinajstić information content (AvgIpc) is 3.28. The lowest BCUT2D eigenvalue weighted by atomic mass is 10.2. The van der Waals surface area contributed by atoms with Crippen molar-refractivity contribution in [3.05, 3.63) is 47.7 Å². The Hall–Kier alpha value is -2.54. The van der Waals surface area contributed by atoms with Crippen molar-refractivity contribution in [2.45, 2.75) is 25.5 Å². The number of aromatic amines is 1. The van der Waals surface area contributed by atoms with Gasteiger partial charge in [0.25, 0.3) is 5.91 Å². The van der Waals surface area contributed by atoms with E-state index < -0.39 is 5.91 Å². The van der Waals surface area contributed by atoms with Crippen molar-refractivity contribution in [1.29, 1.82) is 0 Å². The number of rotatable bonds is 6. The molecule has 1 aliphatic heterocycles. The van der Waals surface area contributed by atoms with Crippen LogP contribution in [-0.2, 0) is 11.3 Å². The van der Waals surface area contributed by atoms with E-state index in [2.05, 4.69) is 4.98 Å². The highest BCUT2D eigenvalue weighted by atomic mass is 16.5. The minimum atomic E-state index is -0.572. The number of furan rings is 1. The molecular weight excluding hydrogens is 298 g/mol. The summed E-state index contributed by atoms with van der Waals surface area (Å²) in [6.07, 6.45) is 4.97. The number of primary amides is 1. The molecule has 2 aromatic rings. The zero-order valence-electron chi connectivity index (χ0n) is 12.7. The Bertz CT molecular complexity index is 671. The van der Waals surface area contributed by atoms with E-state index >= 15 is 0 Å². The van der Waals surface area contributed by atoms with Gasteiger partial charge in [0, 0.05) is 19.3 Å². The normalized spacial score (nSPS) is 17.3. The van der Waals surface area contributed by atoms with Crippen molar-refractivity contribution in [3.63, 3.8) is 0 Å². The number of hydrogen-bond donors (Lipinski definition) is 2. The number of carbonyl (C=O) groups is 2. The molecule has 23 heavy (non-hydrogen) atoms. The molecule has 1 atom stereocenters. The van der Waals surface area contributed by atoms with Crippen LogP contribution in [0.25, 0.3) is 0 Å². The quantitative estimate of drug-likeness (QED) is 0.843. The van der Waals surface area contributed by atoms with Crippen LogP contribution >= 0.6 is 0 Å². The molecule has 0 aliphatic carbocycles. The molecule has 1 fully saturated rings.